The second-order valence-corrected chi connectivity index (χ2v) is 8.68. The summed E-state index contributed by atoms with van der Waals surface area (Å²) in [5.74, 6) is 0.0326. The maximum atomic E-state index is 13.2. The van der Waals surface area contributed by atoms with Gasteiger partial charge in [0.2, 0.25) is 0 Å². The summed E-state index contributed by atoms with van der Waals surface area (Å²) < 4.78 is 3.11. The Morgan fingerprint density at radius 2 is 2.03 bits per heavy atom. The number of carbonyl (C=O) groups is 1. The van der Waals surface area contributed by atoms with Crippen LogP contribution < -0.4 is 0 Å². The van der Waals surface area contributed by atoms with Gasteiger partial charge >= 0.3 is 0 Å². The summed E-state index contributed by atoms with van der Waals surface area (Å²) in [6.07, 6.45) is 2.54. The molecule has 2 aromatic carbocycles. The number of benzene rings is 2. The first-order valence-electron chi connectivity index (χ1n) is 10.2. The smallest absolute Gasteiger partial charge is 0.254 e. The number of fused-ring (bicyclic) bond motifs is 3. The Morgan fingerprint density at radius 3 is 2.97 bits per heavy atom. The molecular formula is C24H19N5OS. The zero-order valence-corrected chi connectivity index (χ0v) is 17.8. The minimum Gasteiger partial charge on any atom is -0.332 e. The molecule has 31 heavy (non-hydrogen) atoms. The molecule has 1 aliphatic rings. The molecule has 1 amide bonds. The van der Waals surface area contributed by atoms with Gasteiger partial charge in [-0.05, 0) is 36.8 Å². The van der Waals surface area contributed by atoms with Gasteiger partial charge in [0.15, 0.2) is 0 Å². The van der Waals surface area contributed by atoms with Crippen molar-refractivity contribution in [2.45, 2.75) is 13.0 Å². The Hall–Kier alpha value is -3.58. The van der Waals surface area contributed by atoms with Crippen molar-refractivity contribution in [2.75, 3.05) is 6.54 Å². The lowest BCUT2D eigenvalue weighted by Crippen LogP contribution is -2.36. The summed E-state index contributed by atoms with van der Waals surface area (Å²) in [5.41, 5.74) is 8.88. The maximum Gasteiger partial charge on any atom is 0.254 e. The van der Waals surface area contributed by atoms with Crippen molar-refractivity contribution in [3.05, 3.63) is 77.1 Å². The van der Waals surface area contributed by atoms with E-state index >= 15 is 0 Å². The minimum absolute atomic E-state index is 0.0326. The fourth-order valence-corrected chi connectivity index (χ4v) is 5.20. The molecule has 3 aromatic heterocycles. The monoisotopic (exact) mass is 425 g/mol. The van der Waals surface area contributed by atoms with Gasteiger partial charge in [0.05, 0.1) is 39.2 Å². The van der Waals surface area contributed by atoms with Crippen LogP contribution in [0.3, 0.4) is 0 Å². The molecule has 152 valence electrons. The van der Waals surface area contributed by atoms with E-state index in [2.05, 4.69) is 28.2 Å². The van der Waals surface area contributed by atoms with E-state index in [1.54, 1.807) is 17.5 Å². The van der Waals surface area contributed by atoms with E-state index < -0.39 is 0 Å². The number of rotatable bonds is 2. The maximum absolute atomic E-state index is 13.2. The average molecular weight is 426 g/mol. The van der Waals surface area contributed by atoms with Crippen LogP contribution in [0.1, 0.15) is 21.6 Å². The van der Waals surface area contributed by atoms with E-state index in [4.69, 9.17) is 5.10 Å². The lowest BCUT2D eigenvalue weighted by atomic mass is 9.98. The predicted molar refractivity (Wildman–Crippen MR) is 122 cm³/mol. The van der Waals surface area contributed by atoms with Crippen LogP contribution in [0.15, 0.2) is 60.2 Å². The molecule has 0 N–H and O–H groups in total. The molecule has 0 spiro atoms. The molecule has 7 heteroatoms. The van der Waals surface area contributed by atoms with Crippen LogP contribution in [-0.4, -0.2) is 37.1 Å². The second kappa shape index (κ2) is 6.99. The number of amides is 1. The van der Waals surface area contributed by atoms with Gasteiger partial charge in [-0.2, -0.15) is 5.10 Å². The number of hydrogen-bond acceptors (Lipinski definition) is 5. The van der Waals surface area contributed by atoms with E-state index in [9.17, 15) is 4.79 Å². The molecule has 4 heterocycles. The van der Waals surface area contributed by atoms with Crippen LogP contribution in [-0.2, 0) is 20.0 Å². The molecular weight excluding hydrogens is 406 g/mol. The number of aromatic nitrogens is 4. The fraction of sp³-hybridized carbons (Fsp3) is 0.167. The summed E-state index contributed by atoms with van der Waals surface area (Å²) in [6.45, 7) is 1.18. The van der Waals surface area contributed by atoms with E-state index in [-0.39, 0.29) is 5.91 Å². The molecule has 1 aliphatic heterocycles. The third-order valence-corrected chi connectivity index (χ3v) is 6.75. The van der Waals surface area contributed by atoms with Gasteiger partial charge in [0.1, 0.15) is 0 Å². The molecule has 0 aliphatic carbocycles. The third-order valence-electron chi connectivity index (χ3n) is 5.95. The number of pyridine rings is 1. The molecule has 0 bridgehead atoms. The predicted octanol–water partition coefficient (Wildman–Crippen LogP) is 4.44. The van der Waals surface area contributed by atoms with Gasteiger partial charge in [0, 0.05) is 41.9 Å². The Kier molecular flexibility index (Phi) is 4.11. The van der Waals surface area contributed by atoms with Crippen molar-refractivity contribution in [1.82, 2.24) is 24.6 Å². The Labute approximate surface area is 182 Å². The topological polar surface area (TPSA) is 63.9 Å². The molecule has 6 nitrogen and oxygen atoms in total. The lowest BCUT2D eigenvalue weighted by Gasteiger charge is -2.27. The molecule has 0 radical (unpaired) electrons. The second-order valence-electron chi connectivity index (χ2n) is 7.79. The molecule has 6 rings (SSSR count). The summed E-state index contributed by atoms with van der Waals surface area (Å²) in [6, 6.07) is 15.8. The van der Waals surface area contributed by atoms with Crippen molar-refractivity contribution in [3.8, 4) is 11.3 Å². The molecule has 0 fully saturated rings. The summed E-state index contributed by atoms with van der Waals surface area (Å²) >= 11 is 1.65. The Balaban J connectivity index is 1.34. The molecule has 0 atom stereocenters. The largest absolute Gasteiger partial charge is 0.332 e. The number of carbonyl (C=O) groups excluding carboxylic acids is 1. The number of thiazole rings is 1. The third kappa shape index (κ3) is 2.92. The molecule has 5 aromatic rings. The lowest BCUT2D eigenvalue weighted by molar-refractivity contribution is 0.0732. The minimum atomic E-state index is 0.0326. The first kappa shape index (κ1) is 18.2. The Bertz CT molecular complexity index is 1470. The van der Waals surface area contributed by atoms with Crippen LogP contribution in [0, 0.1) is 0 Å². The van der Waals surface area contributed by atoms with Gasteiger partial charge in [-0.1, -0.05) is 18.2 Å². The van der Waals surface area contributed by atoms with Crippen molar-refractivity contribution in [3.63, 3.8) is 0 Å². The molecule has 0 saturated carbocycles. The molecule has 0 saturated heterocycles. The average Bonchev–Trinajstić information content (AvgIpc) is 3.41. The quantitative estimate of drug-likeness (QED) is 0.419. The normalized spacial score (nSPS) is 13.6. The Morgan fingerprint density at radius 1 is 1.10 bits per heavy atom. The van der Waals surface area contributed by atoms with Crippen molar-refractivity contribution in [2.24, 2.45) is 7.05 Å². The van der Waals surface area contributed by atoms with Gasteiger partial charge in [-0.15, -0.1) is 11.3 Å². The summed E-state index contributed by atoms with van der Waals surface area (Å²) in [7, 11) is 1.97. The summed E-state index contributed by atoms with van der Waals surface area (Å²) in [5, 5.41) is 5.76. The zero-order chi connectivity index (χ0) is 20.9. The van der Waals surface area contributed by atoms with Gasteiger partial charge in [-0.3, -0.25) is 14.5 Å². The van der Waals surface area contributed by atoms with Crippen LogP contribution in [0.5, 0.6) is 0 Å². The molecule has 0 unspecified atom stereocenters. The van der Waals surface area contributed by atoms with E-state index in [1.807, 2.05) is 52.5 Å². The first-order valence-corrected chi connectivity index (χ1v) is 11.1. The van der Waals surface area contributed by atoms with Crippen LogP contribution in [0.2, 0.25) is 0 Å². The number of nitrogens with zero attached hydrogens (tertiary/aromatic N) is 5. The summed E-state index contributed by atoms with van der Waals surface area (Å²) in [4.78, 5) is 24.0. The standard InChI is InChI=1S/C24H19N5OS/c1-28-23(18-5-2-6-21-22(18)26-14-31-21)17-9-11-29(13-20(17)27-28)24(30)16-7-8-19-15(12-16)4-3-10-25-19/h2-8,10,12,14H,9,11,13H2,1H3. The van der Waals surface area contributed by atoms with Gasteiger partial charge < -0.3 is 4.90 Å². The number of para-hydroxylation sites is 1. The van der Waals surface area contributed by atoms with E-state index in [0.29, 0.717) is 18.7 Å². The van der Waals surface area contributed by atoms with Crippen molar-refractivity contribution < 1.29 is 4.79 Å². The van der Waals surface area contributed by atoms with Crippen LogP contribution >= 0.6 is 11.3 Å². The highest BCUT2D eigenvalue weighted by Crippen LogP contribution is 2.35. The van der Waals surface area contributed by atoms with Gasteiger partial charge in [-0.25, -0.2) is 4.98 Å². The number of hydrogen-bond donors (Lipinski definition) is 0. The van der Waals surface area contributed by atoms with E-state index in [0.717, 1.165) is 39.8 Å². The van der Waals surface area contributed by atoms with Crippen molar-refractivity contribution in [1.29, 1.82) is 0 Å². The zero-order valence-electron chi connectivity index (χ0n) is 16.9. The van der Waals surface area contributed by atoms with Crippen LogP contribution in [0.4, 0.5) is 0 Å². The van der Waals surface area contributed by atoms with E-state index in [1.165, 1.54) is 10.3 Å². The highest BCUT2D eigenvalue weighted by Gasteiger charge is 2.28. The fourth-order valence-electron chi connectivity index (χ4n) is 4.50. The first-order chi connectivity index (χ1) is 15.2. The number of aryl methyl sites for hydroxylation is 1. The highest BCUT2D eigenvalue weighted by molar-refractivity contribution is 7.16. The van der Waals surface area contributed by atoms with Crippen molar-refractivity contribution >= 4 is 38.4 Å². The SMILES string of the molecule is Cn1nc2c(c1-c1cccc3scnc13)CCN(C(=O)c1ccc3ncccc3c1)C2. The van der Waals surface area contributed by atoms with Crippen LogP contribution in [0.25, 0.3) is 32.4 Å². The van der Waals surface area contributed by atoms with Gasteiger partial charge in [0.25, 0.3) is 5.91 Å². The highest BCUT2D eigenvalue weighted by atomic mass is 32.1.